The largest absolute Gasteiger partial charge is 0.490 e. The van der Waals surface area contributed by atoms with Crippen molar-refractivity contribution in [3.63, 3.8) is 0 Å². The Morgan fingerprint density at radius 1 is 1.03 bits per heavy atom. The lowest BCUT2D eigenvalue weighted by molar-refractivity contribution is 0.114. The summed E-state index contributed by atoms with van der Waals surface area (Å²) in [7, 11) is -1.41. The average molecular weight is 574 g/mol. The first-order chi connectivity index (χ1) is 18.5. The quantitative estimate of drug-likeness (QED) is 0.299. The summed E-state index contributed by atoms with van der Waals surface area (Å²) in [5.74, 6) is 1.89. The van der Waals surface area contributed by atoms with Crippen molar-refractivity contribution in [3.8, 4) is 11.5 Å². The van der Waals surface area contributed by atoms with Gasteiger partial charge in [-0.05, 0) is 71.8 Å². The molecule has 1 aliphatic heterocycles. The number of halogens is 1. The van der Waals surface area contributed by atoms with E-state index in [1.807, 2.05) is 32.0 Å². The normalized spacial score (nSPS) is 15.0. The van der Waals surface area contributed by atoms with E-state index in [9.17, 15) is 8.42 Å². The van der Waals surface area contributed by atoms with Crippen LogP contribution in [0.1, 0.15) is 40.5 Å². The third-order valence-corrected chi connectivity index (χ3v) is 8.83. The van der Waals surface area contributed by atoms with E-state index < -0.39 is 15.1 Å². The summed E-state index contributed by atoms with van der Waals surface area (Å²) in [4.78, 5) is 11.3. The summed E-state index contributed by atoms with van der Waals surface area (Å²) in [6.45, 7) is 9.23. The molecule has 11 heteroatoms. The number of nitrogens with zero attached hydrogens (tertiary/aromatic N) is 3. The number of hydrogen-bond acceptors (Lipinski definition) is 9. The molecular formula is C28H36ClN5O4S. The molecule has 2 heterocycles. The van der Waals surface area contributed by atoms with Gasteiger partial charge in [-0.25, -0.2) is 13.4 Å². The molecule has 4 rings (SSSR count). The van der Waals surface area contributed by atoms with E-state index in [0.29, 0.717) is 17.1 Å². The van der Waals surface area contributed by atoms with E-state index in [2.05, 4.69) is 32.5 Å². The van der Waals surface area contributed by atoms with E-state index >= 15 is 0 Å². The summed E-state index contributed by atoms with van der Waals surface area (Å²) >= 11 is 6.39. The average Bonchev–Trinajstić information content (AvgIpc) is 2.88. The molecule has 1 aromatic heterocycles. The van der Waals surface area contributed by atoms with E-state index in [1.165, 1.54) is 6.20 Å². The number of hydrogen-bond donors (Lipinski definition) is 2. The van der Waals surface area contributed by atoms with Crippen LogP contribution in [0.15, 0.2) is 53.6 Å². The molecule has 1 fully saturated rings. The number of benzene rings is 2. The molecule has 0 aliphatic carbocycles. The highest BCUT2D eigenvalue weighted by molar-refractivity contribution is 7.92. The van der Waals surface area contributed by atoms with Crippen LogP contribution in [0.3, 0.4) is 0 Å². The van der Waals surface area contributed by atoms with Gasteiger partial charge in [0.05, 0.1) is 33.8 Å². The molecule has 0 spiro atoms. The Hall–Kier alpha value is -3.08. The van der Waals surface area contributed by atoms with Crippen LogP contribution in [-0.4, -0.2) is 60.9 Å². The van der Waals surface area contributed by atoms with Crippen LogP contribution in [0.4, 0.5) is 23.1 Å². The molecule has 39 heavy (non-hydrogen) atoms. The standard InChI is InChI=1S/C28H36ClN5O4S/c1-18(2)37-25-16-21(38-20-12-14-34(5)15-13-20)10-11-23(25)32-28-30-17-22(29)27(33-28)31-24-8-6-7-9-26(24)39(35,36)19(3)4/h6-11,16-20H,12-15H2,1-5H3,(H2,30,31,32,33). The molecule has 0 amide bonds. The molecule has 9 nitrogen and oxygen atoms in total. The molecule has 1 aliphatic rings. The summed E-state index contributed by atoms with van der Waals surface area (Å²) < 4.78 is 38.1. The second-order valence-corrected chi connectivity index (χ2v) is 13.1. The molecule has 3 aromatic rings. The van der Waals surface area contributed by atoms with E-state index in [1.54, 1.807) is 38.1 Å². The van der Waals surface area contributed by atoms with Gasteiger partial charge in [0, 0.05) is 19.2 Å². The lowest BCUT2D eigenvalue weighted by Gasteiger charge is -2.29. The van der Waals surface area contributed by atoms with Crippen molar-refractivity contribution in [3.05, 3.63) is 53.7 Å². The summed E-state index contributed by atoms with van der Waals surface area (Å²) in [5.41, 5.74) is 1.05. The van der Waals surface area contributed by atoms with Crippen molar-refractivity contribution in [2.45, 2.75) is 62.9 Å². The van der Waals surface area contributed by atoms with E-state index in [-0.39, 0.29) is 33.9 Å². The minimum atomic E-state index is -3.53. The molecule has 2 aromatic carbocycles. The zero-order valence-corrected chi connectivity index (χ0v) is 24.5. The fourth-order valence-electron chi connectivity index (χ4n) is 4.16. The molecule has 210 valence electrons. The molecule has 2 N–H and O–H groups in total. The van der Waals surface area contributed by atoms with Crippen LogP contribution in [-0.2, 0) is 9.84 Å². The number of likely N-dealkylation sites (tertiary alicyclic amines) is 1. The predicted molar refractivity (Wildman–Crippen MR) is 156 cm³/mol. The first-order valence-corrected chi connectivity index (χ1v) is 15.0. The fourth-order valence-corrected chi connectivity index (χ4v) is 5.50. The number of sulfone groups is 1. The fraction of sp³-hybridized carbons (Fsp3) is 0.429. The Morgan fingerprint density at radius 3 is 2.44 bits per heavy atom. The minimum Gasteiger partial charge on any atom is -0.490 e. The first-order valence-electron chi connectivity index (χ1n) is 13.1. The van der Waals surface area contributed by atoms with Crippen LogP contribution < -0.4 is 20.1 Å². The van der Waals surface area contributed by atoms with Gasteiger partial charge in [-0.2, -0.15) is 4.98 Å². The number of aromatic nitrogens is 2. The number of rotatable bonds is 10. The second kappa shape index (κ2) is 12.4. The summed E-state index contributed by atoms with van der Waals surface area (Å²) in [6, 6.07) is 12.3. The smallest absolute Gasteiger partial charge is 0.229 e. The number of nitrogens with one attached hydrogen (secondary N) is 2. The van der Waals surface area contributed by atoms with Crippen molar-refractivity contribution < 1.29 is 17.9 Å². The van der Waals surface area contributed by atoms with Gasteiger partial charge in [-0.3, -0.25) is 0 Å². The topological polar surface area (TPSA) is 106 Å². The van der Waals surface area contributed by atoms with E-state index in [4.69, 9.17) is 21.1 Å². The highest BCUT2D eigenvalue weighted by Crippen LogP contribution is 2.35. The minimum absolute atomic E-state index is 0.0631. The Kier molecular flexibility index (Phi) is 9.19. The first kappa shape index (κ1) is 28.9. The predicted octanol–water partition coefficient (Wildman–Crippen LogP) is 6.06. The van der Waals surface area contributed by atoms with Crippen LogP contribution in [0.25, 0.3) is 0 Å². The third-order valence-electron chi connectivity index (χ3n) is 6.34. The Bertz CT molecular complexity index is 1390. The van der Waals surface area contributed by atoms with Crippen molar-refractivity contribution in [1.82, 2.24) is 14.9 Å². The van der Waals surface area contributed by atoms with Gasteiger partial charge < -0.3 is 25.0 Å². The summed E-state index contributed by atoms with van der Waals surface area (Å²) in [5, 5.41) is 5.95. The molecule has 1 saturated heterocycles. The maximum absolute atomic E-state index is 12.9. The molecule has 0 bridgehead atoms. The van der Waals surface area contributed by atoms with Crippen LogP contribution >= 0.6 is 11.6 Å². The van der Waals surface area contributed by atoms with Gasteiger partial charge in [-0.1, -0.05) is 23.7 Å². The Morgan fingerprint density at radius 2 is 1.74 bits per heavy atom. The highest BCUT2D eigenvalue weighted by atomic mass is 35.5. The van der Waals surface area contributed by atoms with Gasteiger partial charge in [0.2, 0.25) is 5.95 Å². The Labute approximate surface area is 235 Å². The van der Waals surface area contributed by atoms with Crippen molar-refractivity contribution in [2.24, 2.45) is 0 Å². The molecule has 0 saturated carbocycles. The molecule has 0 unspecified atom stereocenters. The van der Waals surface area contributed by atoms with Gasteiger partial charge in [0.1, 0.15) is 22.6 Å². The van der Waals surface area contributed by atoms with Crippen LogP contribution in [0.5, 0.6) is 11.5 Å². The SMILES string of the molecule is CC(C)Oc1cc(OC2CCN(C)CC2)ccc1Nc1ncc(Cl)c(Nc2ccccc2S(=O)(=O)C(C)C)n1. The Balaban J connectivity index is 1.58. The van der Waals surface area contributed by atoms with Gasteiger partial charge in [0.25, 0.3) is 0 Å². The summed E-state index contributed by atoms with van der Waals surface area (Å²) in [6.07, 6.45) is 3.52. The number of anilines is 4. The van der Waals surface area contributed by atoms with Gasteiger partial charge in [-0.15, -0.1) is 0 Å². The number of para-hydroxylation sites is 1. The maximum atomic E-state index is 12.9. The van der Waals surface area contributed by atoms with Crippen LogP contribution in [0.2, 0.25) is 5.02 Å². The molecule has 0 atom stereocenters. The number of piperidine rings is 1. The monoisotopic (exact) mass is 573 g/mol. The third kappa shape index (κ3) is 7.32. The molecule has 0 radical (unpaired) electrons. The highest BCUT2D eigenvalue weighted by Gasteiger charge is 2.23. The van der Waals surface area contributed by atoms with E-state index in [0.717, 1.165) is 31.7 Å². The lowest BCUT2D eigenvalue weighted by atomic mass is 10.1. The van der Waals surface area contributed by atoms with Gasteiger partial charge >= 0.3 is 0 Å². The van der Waals surface area contributed by atoms with Gasteiger partial charge in [0.15, 0.2) is 15.7 Å². The van der Waals surface area contributed by atoms with Crippen molar-refractivity contribution in [2.75, 3.05) is 30.8 Å². The second-order valence-electron chi connectivity index (χ2n) is 10.2. The van der Waals surface area contributed by atoms with Crippen molar-refractivity contribution in [1.29, 1.82) is 0 Å². The number of ether oxygens (including phenoxy) is 2. The zero-order chi connectivity index (χ0) is 28.2. The maximum Gasteiger partial charge on any atom is 0.229 e. The molecular weight excluding hydrogens is 538 g/mol. The lowest BCUT2D eigenvalue weighted by Crippen LogP contribution is -2.35. The zero-order valence-electron chi connectivity index (χ0n) is 22.9. The van der Waals surface area contributed by atoms with Crippen LogP contribution in [0, 0.1) is 0 Å². The van der Waals surface area contributed by atoms with Crippen molar-refractivity contribution >= 4 is 44.6 Å².